The summed E-state index contributed by atoms with van der Waals surface area (Å²) in [6.45, 7) is 0. The van der Waals surface area contributed by atoms with Gasteiger partial charge in [-0.05, 0) is 31.0 Å². The topological polar surface area (TPSA) is 78.4 Å². The predicted molar refractivity (Wildman–Crippen MR) is 58.5 cm³/mol. The van der Waals surface area contributed by atoms with E-state index in [1.165, 1.54) is 6.07 Å². The van der Waals surface area contributed by atoms with Crippen LogP contribution in [-0.2, 0) is 0 Å². The van der Waals surface area contributed by atoms with Crippen LogP contribution in [-0.4, -0.2) is 23.1 Å². The summed E-state index contributed by atoms with van der Waals surface area (Å²) in [6.07, 6.45) is 1.92. The number of amides is 2. The van der Waals surface area contributed by atoms with E-state index in [0.29, 0.717) is 0 Å². The van der Waals surface area contributed by atoms with Gasteiger partial charge in [0.2, 0.25) is 0 Å². The molecule has 0 unspecified atom stereocenters. The molecule has 5 nitrogen and oxygen atoms in total. The fourth-order valence-electron chi connectivity index (χ4n) is 1.35. The lowest BCUT2D eigenvalue weighted by Crippen LogP contribution is -2.30. The number of halogens is 1. The minimum Gasteiger partial charge on any atom is -0.478 e. The van der Waals surface area contributed by atoms with E-state index in [2.05, 4.69) is 10.6 Å². The highest BCUT2D eigenvalue weighted by molar-refractivity contribution is 5.92. The van der Waals surface area contributed by atoms with E-state index in [0.717, 1.165) is 25.0 Å². The first-order chi connectivity index (χ1) is 8.06. The second kappa shape index (κ2) is 4.40. The van der Waals surface area contributed by atoms with Crippen molar-refractivity contribution in [1.82, 2.24) is 5.32 Å². The molecule has 0 aromatic heterocycles. The molecule has 90 valence electrons. The molecule has 6 heteroatoms. The summed E-state index contributed by atoms with van der Waals surface area (Å²) in [5.74, 6) is -2.21. The van der Waals surface area contributed by atoms with Crippen LogP contribution in [0.1, 0.15) is 23.2 Å². The van der Waals surface area contributed by atoms with Crippen molar-refractivity contribution in [2.45, 2.75) is 18.9 Å². The monoisotopic (exact) mass is 238 g/mol. The van der Waals surface area contributed by atoms with Gasteiger partial charge in [-0.1, -0.05) is 0 Å². The van der Waals surface area contributed by atoms with Crippen molar-refractivity contribution in [2.24, 2.45) is 0 Å². The predicted octanol–water partition coefficient (Wildman–Crippen LogP) is 1.81. The highest BCUT2D eigenvalue weighted by Gasteiger charge is 2.23. The highest BCUT2D eigenvalue weighted by atomic mass is 19.1. The average Bonchev–Trinajstić information content (AvgIpc) is 3.00. The number of carboxylic acid groups (broad SMARTS) is 1. The van der Waals surface area contributed by atoms with Crippen LogP contribution in [0, 0.1) is 5.82 Å². The molecule has 0 atom stereocenters. The van der Waals surface area contributed by atoms with Crippen molar-refractivity contribution in [3.63, 3.8) is 0 Å². The Bertz CT molecular complexity index is 472. The molecule has 2 rings (SSSR count). The molecule has 1 aliphatic rings. The molecule has 0 bridgehead atoms. The number of carboxylic acids is 1. The molecule has 0 radical (unpaired) electrons. The van der Waals surface area contributed by atoms with Crippen LogP contribution in [0.2, 0.25) is 0 Å². The molecule has 1 aromatic rings. The van der Waals surface area contributed by atoms with Crippen LogP contribution in [0.25, 0.3) is 0 Å². The van der Waals surface area contributed by atoms with Crippen LogP contribution in [0.15, 0.2) is 18.2 Å². The Morgan fingerprint density at radius 2 is 2.06 bits per heavy atom. The molecule has 1 aliphatic carbocycles. The maximum absolute atomic E-state index is 13.3. The van der Waals surface area contributed by atoms with E-state index in [1.54, 1.807) is 0 Å². The number of anilines is 1. The second-order valence-electron chi connectivity index (χ2n) is 3.87. The number of rotatable bonds is 3. The zero-order valence-corrected chi connectivity index (χ0v) is 8.87. The Hall–Kier alpha value is -2.11. The van der Waals surface area contributed by atoms with Crippen molar-refractivity contribution in [1.29, 1.82) is 0 Å². The van der Waals surface area contributed by atoms with Crippen LogP contribution in [0.5, 0.6) is 0 Å². The molecule has 0 aliphatic heterocycles. The SMILES string of the molecule is O=C(Nc1ccc(C(=O)O)c(F)c1)NC1CC1. The third-order valence-corrected chi connectivity index (χ3v) is 2.37. The molecule has 1 aromatic carbocycles. The standard InChI is InChI=1S/C11H11FN2O3/c12-9-5-7(3-4-8(9)10(15)16)14-11(17)13-6-1-2-6/h3-6H,1-2H2,(H,15,16)(H2,13,14,17). The Kier molecular flexibility index (Phi) is 2.95. The fraction of sp³-hybridized carbons (Fsp3) is 0.273. The largest absolute Gasteiger partial charge is 0.478 e. The van der Waals surface area contributed by atoms with Crippen LogP contribution >= 0.6 is 0 Å². The van der Waals surface area contributed by atoms with Gasteiger partial charge in [-0.25, -0.2) is 14.0 Å². The molecular formula is C11H11FN2O3. The average molecular weight is 238 g/mol. The number of urea groups is 1. The lowest BCUT2D eigenvalue weighted by Gasteiger charge is -2.07. The van der Waals surface area contributed by atoms with Gasteiger partial charge in [-0.3, -0.25) is 0 Å². The van der Waals surface area contributed by atoms with E-state index in [4.69, 9.17) is 5.11 Å². The van der Waals surface area contributed by atoms with Crippen LogP contribution < -0.4 is 10.6 Å². The van der Waals surface area contributed by atoms with E-state index in [-0.39, 0.29) is 11.7 Å². The lowest BCUT2D eigenvalue weighted by molar-refractivity contribution is 0.0692. The third kappa shape index (κ3) is 2.93. The maximum atomic E-state index is 13.3. The minimum absolute atomic E-state index is 0.207. The Morgan fingerprint density at radius 3 is 2.59 bits per heavy atom. The number of aromatic carboxylic acids is 1. The quantitative estimate of drug-likeness (QED) is 0.751. The van der Waals surface area contributed by atoms with Crippen LogP contribution in [0.4, 0.5) is 14.9 Å². The number of nitrogens with one attached hydrogen (secondary N) is 2. The fourth-order valence-corrected chi connectivity index (χ4v) is 1.35. The molecule has 0 saturated heterocycles. The van der Waals surface area contributed by atoms with Gasteiger partial charge < -0.3 is 15.7 Å². The molecular weight excluding hydrogens is 227 g/mol. The number of carbonyl (C=O) groups excluding carboxylic acids is 1. The van der Waals surface area contributed by atoms with Gasteiger partial charge in [-0.2, -0.15) is 0 Å². The van der Waals surface area contributed by atoms with Gasteiger partial charge in [0.15, 0.2) is 0 Å². The summed E-state index contributed by atoms with van der Waals surface area (Å²) >= 11 is 0. The van der Waals surface area contributed by atoms with Gasteiger partial charge in [0.05, 0.1) is 5.56 Å². The van der Waals surface area contributed by atoms with Crippen LogP contribution in [0.3, 0.4) is 0 Å². The normalized spacial score (nSPS) is 14.2. The second-order valence-corrected chi connectivity index (χ2v) is 3.87. The van der Waals surface area contributed by atoms with Gasteiger partial charge in [-0.15, -0.1) is 0 Å². The van der Waals surface area contributed by atoms with Crippen molar-refractivity contribution in [3.05, 3.63) is 29.6 Å². The van der Waals surface area contributed by atoms with Crippen molar-refractivity contribution in [3.8, 4) is 0 Å². The Morgan fingerprint density at radius 1 is 1.35 bits per heavy atom. The number of benzene rings is 1. The first-order valence-corrected chi connectivity index (χ1v) is 5.16. The Labute approximate surface area is 96.6 Å². The summed E-state index contributed by atoms with van der Waals surface area (Å²) < 4.78 is 13.3. The molecule has 0 spiro atoms. The number of hydrogen-bond acceptors (Lipinski definition) is 2. The molecule has 1 saturated carbocycles. The van der Waals surface area contributed by atoms with Crippen molar-refractivity contribution < 1.29 is 19.1 Å². The first-order valence-electron chi connectivity index (χ1n) is 5.16. The summed E-state index contributed by atoms with van der Waals surface area (Å²) in [5, 5.41) is 13.7. The highest BCUT2D eigenvalue weighted by Crippen LogP contribution is 2.19. The first kappa shape index (κ1) is 11.4. The summed E-state index contributed by atoms with van der Waals surface area (Å²) in [7, 11) is 0. The smallest absolute Gasteiger partial charge is 0.338 e. The summed E-state index contributed by atoms with van der Waals surface area (Å²) in [5.41, 5.74) is -0.191. The van der Waals surface area contributed by atoms with E-state index < -0.39 is 23.4 Å². The van der Waals surface area contributed by atoms with E-state index >= 15 is 0 Å². The number of hydrogen-bond donors (Lipinski definition) is 3. The molecule has 0 heterocycles. The van der Waals surface area contributed by atoms with Crippen molar-refractivity contribution in [2.75, 3.05) is 5.32 Å². The molecule has 1 fully saturated rings. The van der Waals surface area contributed by atoms with Gasteiger partial charge >= 0.3 is 12.0 Å². The molecule has 2 amide bonds. The van der Waals surface area contributed by atoms with E-state index in [1.807, 2.05) is 0 Å². The van der Waals surface area contributed by atoms with Gasteiger partial charge in [0.1, 0.15) is 5.82 Å². The zero-order valence-electron chi connectivity index (χ0n) is 8.87. The zero-order chi connectivity index (χ0) is 12.4. The summed E-state index contributed by atoms with van der Waals surface area (Å²) in [6, 6.07) is 3.24. The van der Waals surface area contributed by atoms with E-state index in [9.17, 15) is 14.0 Å². The number of carbonyl (C=O) groups is 2. The lowest BCUT2D eigenvalue weighted by atomic mass is 10.2. The Balaban J connectivity index is 2.03. The molecule has 17 heavy (non-hydrogen) atoms. The molecule has 3 N–H and O–H groups in total. The summed E-state index contributed by atoms with van der Waals surface area (Å²) in [4.78, 5) is 21.9. The van der Waals surface area contributed by atoms with Gasteiger partial charge in [0.25, 0.3) is 0 Å². The third-order valence-electron chi connectivity index (χ3n) is 2.37. The van der Waals surface area contributed by atoms with Crippen molar-refractivity contribution >= 4 is 17.7 Å². The maximum Gasteiger partial charge on any atom is 0.338 e. The minimum atomic E-state index is -1.34. The van der Waals surface area contributed by atoms with Gasteiger partial charge in [0, 0.05) is 11.7 Å².